The predicted octanol–water partition coefficient (Wildman–Crippen LogP) is 1.59. The number of sulfonamides is 1. The molecule has 1 aromatic rings. The van der Waals surface area contributed by atoms with Crippen LogP contribution in [0.1, 0.15) is 36.7 Å². The van der Waals surface area contributed by atoms with Gasteiger partial charge in [0.15, 0.2) is 0 Å². The Morgan fingerprint density at radius 1 is 1.22 bits per heavy atom. The van der Waals surface area contributed by atoms with Gasteiger partial charge in [-0.05, 0) is 36.2 Å². The highest BCUT2D eigenvalue weighted by atomic mass is 32.2. The van der Waals surface area contributed by atoms with E-state index in [9.17, 15) is 13.2 Å². The minimum atomic E-state index is -3.65. The smallest absolute Gasteiger partial charge is 0.335 e. The third-order valence-electron chi connectivity index (χ3n) is 2.60. The highest BCUT2D eigenvalue weighted by Gasteiger charge is 2.21. The topological polar surface area (TPSA) is 83.5 Å². The third kappa shape index (κ3) is 3.08. The van der Waals surface area contributed by atoms with Crippen LogP contribution in [-0.4, -0.2) is 26.5 Å². The van der Waals surface area contributed by atoms with E-state index in [0.29, 0.717) is 5.56 Å². The second kappa shape index (κ2) is 4.70. The number of nitrogens with one attached hydrogen (secondary N) is 1. The molecule has 18 heavy (non-hydrogen) atoms. The molecule has 0 aliphatic rings. The van der Waals surface area contributed by atoms with Crippen LogP contribution in [0.15, 0.2) is 23.1 Å². The summed E-state index contributed by atoms with van der Waals surface area (Å²) in [5.74, 6) is -1.14. The van der Waals surface area contributed by atoms with Gasteiger partial charge in [-0.25, -0.2) is 17.9 Å². The number of benzene rings is 1. The van der Waals surface area contributed by atoms with Crippen molar-refractivity contribution in [2.45, 2.75) is 31.1 Å². The van der Waals surface area contributed by atoms with Gasteiger partial charge in [-0.3, -0.25) is 0 Å². The zero-order valence-corrected chi connectivity index (χ0v) is 11.6. The molecular formula is C12H17NO4S. The van der Waals surface area contributed by atoms with Gasteiger partial charge in [0.2, 0.25) is 10.0 Å². The molecule has 0 saturated heterocycles. The lowest BCUT2D eigenvalue weighted by molar-refractivity contribution is 0.0696. The summed E-state index contributed by atoms with van der Waals surface area (Å²) < 4.78 is 25.7. The van der Waals surface area contributed by atoms with Crippen molar-refractivity contribution in [2.75, 3.05) is 7.05 Å². The van der Waals surface area contributed by atoms with Gasteiger partial charge in [-0.15, -0.1) is 0 Å². The molecule has 0 aromatic heterocycles. The van der Waals surface area contributed by atoms with E-state index < -0.39 is 16.0 Å². The Balaban J connectivity index is 3.56. The number of carboxylic acid groups (broad SMARTS) is 1. The monoisotopic (exact) mass is 271 g/mol. The molecule has 0 unspecified atom stereocenters. The van der Waals surface area contributed by atoms with E-state index >= 15 is 0 Å². The van der Waals surface area contributed by atoms with Gasteiger partial charge in [0, 0.05) is 0 Å². The quantitative estimate of drug-likeness (QED) is 0.874. The van der Waals surface area contributed by atoms with Crippen molar-refractivity contribution in [3.63, 3.8) is 0 Å². The zero-order chi connectivity index (χ0) is 14.1. The number of carboxylic acids is 1. The van der Waals surface area contributed by atoms with Crippen molar-refractivity contribution < 1.29 is 18.3 Å². The third-order valence-corrected chi connectivity index (χ3v) is 3.99. The standard InChI is InChI=1S/C12H17NO4S/c1-12(2,3)9-5-8(11(14)15)6-10(7-9)18(16,17)13-4/h5-7,13H,1-4H3,(H,14,15). The van der Waals surface area contributed by atoms with Crippen molar-refractivity contribution in [3.8, 4) is 0 Å². The summed E-state index contributed by atoms with van der Waals surface area (Å²) in [5.41, 5.74) is 0.302. The van der Waals surface area contributed by atoms with E-state index in [-0.39, 0.29) is 15.9 Å². The molecule has 0 amide bonds. The minimum Gasteiger partial charge on any atom is -0.478 e. The van der Waals surface area contributed by atoms with Crippen LogP contribution in [0.5, 0.6) is 0 Å². The van der Waals surface area contributed by atoms with Crippen LogP contribution in [0.3, 0.4) is 0 Å². The van der Waals surface area contributed by atoms with Gasteiger partial charge in [0.25, 0.3) is 0 Å². The van der Waals surface area contributed by atoms with Gasteiger partial charge in [0.05, 0.1) is 10.5 Å². The SMILES string of the molecule is CNS(=O)(=O)c1cc(C(=O)O)cc(C(C)(C)C)c1. The van der Waals surface area contributed by atoms with E-state index in [1.165, 1.54) is 19.2 Å². The highest BCUT2D eigenvalue weighted by molar-refractivity contribution is 7.89. The number of aromatic carboxylic acids is 1. The van der Waals surface area contributed by atoms with Crippen LogP contribution >= 0.6 is 0 Å². The molecule has 6 heteroatoms. The molecule has 0 heterocycles. The molecule has 1 aromatic carbocycles. The predicted molar refractivity (Wildman–Crippen MR) is 68.3 cm³/mol. The van der Waals surface area contributed by atoms with Crippen LogP contribution in [0, 0.1) is 0 Å². The number of carbonyl (C=O) groups is 1. The molecule has 0 saturated carbocycles. The van der Waals surface area contributed by atoms with Gasteiger partial charge >= 0.3 is 5.97 Å². The van der Waals surface area contributed by atoms with E-state index in [1.807, 2.05) is 20.8 Å². The average Bonchev–Trinajstić information content (AvgIpc) is 2.27. The fourth-order valence-electron chi connectivity index (χ4n) is 1.43. The molecule has 1 rings (SSSR count). The highest BCUT2D eigenvalue weighted by Crippen LogP contribution is 2.26. The van der Waals surface area contributed by atoms with Crippen LogP contribution in [0.25, 0.3) is 0 Å². The second-order valence-electron chi connectivity index (χ2n) is 5.01. The van der Waals surface area contributed by atoms with Crippen LogP contribution in [0.4, 0.5) is 0 Å². The number of hydrogen-bond acceptors (Lipinski definition) is 3. The Morgan fingerprint density at radius 3 is 2.17 bits per heavy atom. The average molecular weight is 271 g/mol. The molecule has 0 radical (unpaired) electrons. The Kier molecular flexibility index (Phi) is 3.83. The van der Waals surface area contributed by atoms with Gasteiger partial charge in [0.1, 0.15) is 0 Å². The molecule has 2 N–H and O–H groups in total. The van der Waals surface area contributed by atoms with Gasteiger partial charge in [-0.1, -0.05) is 20.8 Å². The molecule has 0 spiro atoms. The van der Waals surface area contributed by atoms with Crippen molar-refractivity contribution in [2.24, 2.45) is 0 Å². The van der Waals surface area contributed by atoms with E-state index in [0.717, 1.165) is 6.07 Å². The fourth-order valence-corrected chi connectivity index (χ4v) is 2.23. The van der Waals surface area contributed by atoms with Gasteiger partial charge in [-0.2, -0.15) is 0 Å². The van der Waals surface area contributed by atoms with Crippen molar-refractivity contribution >= 4 is 16.0 Å². The summed E-state index contributed by atoms with van der Waals surface area (Å²) in [7, 11) is -2.36. The molecule has 0 fully saturated rings. The summed E-state index contributed by atoms with van der Waals surface area (Å²) in [4.78, 5) is 11.0. The summed E-state index contributed by atoms with van der Waals surface area (Å²) in [6.07, 6.45) is 0. The summed E-state index contributed by atoms with van der Waals surface area (Å²) in [6.45, 7) is 5.68. The van der Waals surface area contributed by atoms with Crippen LogP contribution < -0.4 is 4.72 Å². The first-order valence-electron chi connectivity index (χ1n) is 5.40. The lowest BCUT2D eigenvalue weighted by atomic mass is 9.86. The second-order valence-corrected chi connectivity index (χ2v) is 6.90. The first-order chi connectivity index (χ1) is 8.08. The van der Waals surface area contributed by atoms with E-state index in [2.05, 4.69) is 4.72 Å². The maximum atomic E-state index is 11.8. The zero-order valence-electron chi connectivity index (χ0n) is 10.8. The lowest BCUT2D eigenvalue weighted by Crippen LogP contribution is -2.21. The minimum absolute atomic E-state index is 0.0312. The Morgan fingerprint density at radius 2 is 1.78 bits per heavy atom. The molecule has 0 aliphatic heterocycles. The molecule has 0 aliphatic carbocycles. The summed E-state index contributed by atoms with van der Waals surface area (Å²) in [6, 6.07) is 4.15. The summed E-state index contributed by atoms with van der Waals surface area (Å²) in [5, 5.41) is 9.02. The van der Waals surface area contributed by atoms with Crippen LogP contribution in [0.2, 0.25) is 0 Å². The maximum Gasteiger partial charge on any atom is 0.335 e. The maximum absolute atomic E-state index is 11.8. The molecule has 0 bridgehead atoms. The van der Waals surface area contributed by atoms with Crippen LogP contribution in [-0.2, 0) is 15.4 Å². The number of hydrogen-bond donors (Lipinski definition) is 2. The molecular weight excluding hydrogens is 254 g/mol. The lowest BCUT2D eigenvalue weighted by Gasteiger charge is -2.20. The van der Waals surface area contributed by atoms with Gasteiger partial charge < -0.3 is 5.11 Å². The Labute approximate surface area is 107 Å². The Bertz CT molecular complexity index is 570. The normalized spacial score (nSPS) is 12.4. The van der Waals surface area contributed by atoms with E-state index in [1.54, 1.807) is 0 Å². The molecule has 5 nitrogen and oxygen atoms in total. The van der Waals surface area contributed by atoms with E-state index in [4.69, 9.17) is 5.11 Å². The van der Waals surface area contributed by atoms with Crippen molar-refractivity contribution in [3.05, 3.63) is 29.3 Å². The first-order valence-corrected chi connectivity index (χ1v) is 6.88. The number of rotatable bonds is 3. The largest absolute Gasteiger partial charge is 0.478 e. The molecule has 100 valence electrons. The fraction of sp³-hybridized carbons (Fsp3) is 0.417. The molecule has 0 atom stereocenters. The first kappa shape index (κ1) is 14.7. The summed E-state index contributed by atoms with van der Waals surface area (Å²) >= 11 is 0. The van der Waals surface area contributed by atoms with Crippen molar-refractivity contribution in [1.29, 1.82) is 0 Å². The van der Waals surface area contributed by atoms with Crippen molar-refractivity contribution in [1.82, 2.24) is 4.72 Å². The Hall–Kier alpha value is -1.40.